The second-order valence-electron chi connectivity index (χ2n) is 5.15. The van der Waals surface area contributed by atoms with E-state index in [-0.39, 0.29) is 23.5 Å². The van der Waals surface area contributed by atoms with E-state index in [9.17, 15) is 14.5 Å². The van der Waals surface area contributed by atoms with Gasteiger partial charge in [-0.2, -0.15) is 0 Å². The second kappa shape index (κ2) is 6.71. The number of rotatable bonds is 5. The SMILES string of the molecule is COc1cc(OC2CCCCC2CN)c(F)cc1[N+](=O)[O-]. The Balaban J connectivity index is 2.25. The number of halogens is 1. The molecule has 0 bridgehead atoms. The standard InChI is InChI=1S/C14H19FN2O4/c1-20-14-7-13(10(15)6-11(14)17(18)19)21-12-5-3-2-4-9(12)8-16/h6-7,9,12H,2-5,8,16H2,1H3. The molecule has 0 aliphatic heterocycles. The maximum absolute atomic E-state index is 14.0. The van der Waals surface area contributed by atoms with Crippen LogP contribution in [0.25, 0.3) is 0 Å². The number of nitro groups is 1. The van der Waals surface area contributed by atoms with Gasteiger partial charge in [0.1, 0.15) is 6.10 Å². The maximum Gasteiger partial charge on any atom is 0.314 e. The Morgan fingerprint density at radius 2 is 2.10 bits per heavy atom. The highest BCUT2D eigenvalue weighted by atomic mass is 19.1. The van der Waals surface area contributed by atoms with Gasteiger partial charge in [0.15, 0.2) is 11.6 Å². The molecule has 0 amide bonds. The summed E-state index contributed by atoms with van der Waals surface area (Å²) in [6.07, 6.45) is 3.69. The van der Waals surface area contributed by atoms with Crippen LogP contribution in [0.1, 0.15) is 25.7 Å². The number of nitro benzene ring substituents is 1. The van der Waals surface area contributed by atoms with Crippen molar-refractivity contribution < 1.29 is 18.8 Å². The fourth-order valence-corrected chi connectivity index (χ4v) is 2.68. The summed E-state index contributed by atoms with van der Waals surface area (Å²) in [5, 5.41) is 10.8. The van der Waals surface area contributed by atoms with E-state index in [2.05, 4.69) is 0 Å². The number of nitrogens with two attached hydrogens (primary N) is 1. The molecule has 0 radical (unpaired) electrons. The van der Waals surface area contributed by atoms with Gasteiger partial charge >= 0.3 is 5.69 Å². The molecule has 0 spiro atoms. The lowest BCUT2D eigenvalue weighted by atomic mass is 9.86. The Morgan fingerprint density at radius 1 is 1.38 bits per heavy atom. The van der Waals surface area contributed by atoms with Crippen LogP contribution in [0.2, 0.25) is 0 Å². The quantitative estimate of drug-likeness (QED) is 0.667. The van der Waals surface area contributed by atoms with Crippen LogP contribution in [-0.4, -0.2) is 24.7 Å². The van der Waals surface area contributed by atoms with Crippen molar-refractivity contribution in [1.29, 1.82) is 0 Å². The zero-order valence-electron chi connectivity index (χ0n) is 11.9. The monoisotopic (exact) mass is 298 g/mol. The third kappa shape index (κ3) is 3.41. The average Bonchev–Trinajstić information content (AvgIpc) is 2.49. The van der Waals surface area contributed by atoms with E-state index in [0.717, 1.165) is 31.7 Å². The van der Waals surface area contributed by atoms with Crippen molar-refractivity contribution in [3.05, 3.63) is 28.1 Å². The molecule has 1 aromatic carbocycles. The van der Waals surface area contributed by atoms with E-state index in [1.54, 1.807) is 0 Å². The Morgan fingerprint density at radius 3 is 2.71 bits per heavy atom. The van der Waals surface area contributed by atoms with Crippen molar-refractivity contribution in [3.63, 3.8) is 0 Å². The molecule has 116 valence electrons. The van der Waals surface area contributed by atoms with Crippen LogP contribution in [0.15, 0.2) is 12.1 Å². The summed E-state index contributed by atoms with van der Waals surface area (Å²) in [7, 11) is 1.30. The highest BCUT2D eigenvalue weighted by Gasteiger charge is 2.28. The summed E-state index contributed by atoms with van der Waals surface area (Å²) in [6.45, 7) is 0.483. The van der Waals surface area contributed by atoms with Crippen molar-refractivity contribution in [2.45, 2.75) is 31.8 Å². The molecule has 21 heavy (non-hydrogen) atoms. The molecule has 2 atom stereocenters. The average molecular weight is 298 g/mol. The van der Waals surface area contributed by atoms with Crippen molar-refractivity contribution in [2.75, 3.05) is 13.7 Å². The lowest BCUT2D eigenvalue weighted by Gasteiger charge is -2.31. The molecule has 2 N–H and O–H groups in total. The Kier molecular flexibility index (Phi) is 4.95. The molecule has 1 aliphatic carbocycles. The van der Waals surface area contributed by atoms with E-state index in [1.165, 1.54) is 13.2 Å². The van der Waals surface area contributed by atoms with Crippen LogP contribution in [0.5, 0.6) is 11.5 Å². The molecule has 1 saturated carbocycles. The molecular formula is C14H19FN2O4. The minimum absolute atomic E-state index is 0.0171. The first-order valence-electron chi connectivity index (χ1n) is 6.95. The van der Waals surface area contributed by atoms with Crippen LogP contribution < -0.4 is 15.2 Å². The first kappa shape index (κ1) is 15.5. The fourth-order valence-electron chi connectivity index (χ4n) is 2.68. The fraction of sp³-hybridized carbons (Fsp3) is 0.571. The molecular weight excluding hydrogens is 279 g/mol. The van der Waals surface area contributed by atoms with Crippen molar-refractivity contribution >= 4 is 5.69 Å². The van der Waals surface area contributed by atoms with Crippen LogP contribution in [0.4, 0.5) is 10.1 Å². The third-order valence-corrected chi connectivity index (χ3v) is 3.85. The van der Waals surface area contributed by atoms with E-state index in [0.29, 0.717) is 6.54 Å². The summed E-state index contributed by atoms with van der Waals surface area (Å²) in [5.74, 6) is -0.623. The van der Waals surface area contributed by atoms with Gasteiger partial charge in [-0.1, -0.05) is 6.42 Å². The Hall–Kier alpha value is -1.89. The molecule has 2 rings (SSSR count). The van der Waals surface area contributed by atoms with E-state index >= 15 is 0 Å². The zero-order valence-corrected chi connectivity index (χ0v) is 11.9. The number of ether oxygens (including phenoxy) is 2. The summed E-state index contributed by atoms with van der Waals surface area (Å²) in [4.78, 5) is 10.1. The van der Waals surface area contributed by atoms with Gasteiger partial charge in [0.25, 0.3) is 0 Å². The first-order valence-corrected chi connectivity index (χ1v) is 6.95. The van der Waals surface area contributed by atoms with Crippen LogP contribution >= 0.6 is 0 Å². The highest BCUT2D eigenvalue weighted by molar-refractivity contribution is 5.51. The summed E-state index contributed by atoms with van der Waals surface area (Å²) in [6, 6.07) is 2.06. The normalized spacial score (nSPS) is 21.9. The smallest absolute Gasteiger partial charge is 0.314 e. The molecule has 1 fully saturated rings. The molecule has 6 nitrogen and oxygen atoms in total. The van der Waals surface area contributed by atoms with Crippen LogP contribution in [0, 0.1) is 21.8 Å². The van der Waals surface area contributed by atoms with E-state index in [4.69, 9.17) is 15.2 Å². The topological polar surface area (TPSA) is 87.6 Å². The van der Waals surface area contributed by atoms with Gasteiger partial charge in [-0.05, 0) is 25.8 Å². The van der Waals surface area contributed by atoms with Gasteiger partial charge in [-0.25, -0.2) is 4.39 Å². The van der Waals surface area contributed by atoms with Crippen molar-refractivity contribution in [3.8, 4) is 11.5 Å². The lowest BCUT2D eigenvalue weighted by Crippen LogP contribution is -2.35. The van der Waals surface area contributed by atoms with Gasteiger partial charge < -0.3 is 15.2 Å². The summed E-state index contributed by atoms with van der Waals surface area (Å²) >= 11 is 0. The van der Waals surface area contributed by atoms with Gasteiger partial charge in [-0.3, -0.25) is 10.1 Å². The molecule has 7 heteroatoms. The predicted octanol–water partition coefficient (Wildman–Crippen LogP) is 2.64. The number of nitrogens with zero attached hydrogens (tertiary/aromatic N) is 1. The maximum atomic E-state index is 14.0. The van der Waals surface area contributed by atoms with Gasteiger partial charge in [-0.15, -0.1) is 0 Å². The van der Waals surface area contributed by atoms with Crippen molar-refractivity contribution in [1.82, 2.24) is 0 Å². The van der Waals surface area contributed by atoms with Crippen LogP contribution in [-0.2, 0) is 0 Å². The molecule has 1 aliphatic rings. The zero-order chi connectivity index (χ0) is 15.4. The Labute approximate surface area is 122 Å². The van der Waals surface area contributed by atoms with Crippen molar-refractivity contribution in [2.24, 2.45) is 11.7 Å². The molecule has 0 aromatic heterocycles. The number of hydrogen-bond acceptors (Lipinski definition) is 5. The Bertz CT molecular complexity index is 524. The number of benzene rings is 1. The number of hydrogen-bond donors (Lipinski definition) is 1. The summed E-state index contributed by atoms with van der Waals surface area (Å²) in [5.41, 5.74) is 5.30. The minimum Gasteiger partial charge on any atom is -0.490 e. The third-order valence-electron chi connectivity index (χ3n) is 3.85. The minimum atomic E-state index is -0.760. The van der Waals surface area contributed by atoms with E-state index < -0.39 is 16.4 Å². The van der Waals surface area contributed by atoms with E-state index in [1.807, 2.05) is 0 Å². The molecule has 0 saturated heterocycles. The van der Waals surface area contributed by atoms with Gasteiger partial charge in [0.2, 0.25) is 5.75 Å². The molecule has 0 heterocycles. The largest absolute Gasteiger partial charge is 0.490 e. The highest BCUT2D eigenvalue weighted by Crippen LogP contribution is 2.36. The first-order chi connectivity index (χ1) is 10.1. The predicted molar refractivity (Wildman–Crippen MR) is 75.0 cm³/mol. The van der Waals surface area contributed by atoms with Gasteiger partial charge in [0.05, 0.1) is 18.1 Å². The van der Waals surface area contributed by atoms with Gasteiger partial charge in [0, 0.05) is 12.0 Å². The van der Waals surface area contributed by atoms with Crippen LogP contribution in [0.3, 0.4) is 0 Å². The number of methoxy groups -OCH3 is 1. The lowest BCUT2D eigenvalue weighted by molar-refractivity contribution is -0.386. The molecule has 2 unspecified atom stereocenters. The summed E-state index contributed by atoms with van der Waals surface area (Å²) < 4.78 is 24.6. The second-order valence-corrected chi connectivity index (χ2v) is 5.15. The molecule has 1 aromatic rings.